The Kier molecular flexibility index (Phi) is 7.48. The first-order chi connectivity index (χ1) is 13.2. The summed E-state index contributed by atoms with van der Waals surface area (Å²) in [5, 5.41) is 2.82. The predicted octanol–water partition coefficient (Wildman–Crippen LogP) is 3.88. The van der Waals surface area contributed by atoms with E-state index in [0.29, 0.717) is 15.9 Å². The average Bonchev–Trinajstić information content (AvgIpc) is 2.66. The number of benzene rings is 2. The van der Waals surface area contributed by atoms with Gasteiger partial charge in [-0.2, -0.15) is 0 Å². The molecule has 0 aliphatic rings. The van der Waals surface area contributed by atoms with Crippen LogP contribution in [-0.2, 0) is 14.8 Å². The fraction of sp³-hybridized carbons (Fsp3) is 0.350. The van der Waals surface area contributed by atoms with Crippen molar-refractivity contribution in [2.24, 2.45) is 0 Å². The molecular formula is C20H25BrN2O4S. The molecule has 0 radical (unpaired) electrons. The number of amides is 1. The van der Waals surface area contributed by atoms with E-state index in [-0.39, 0.29) is 23.4 Å². The Labute approximate surface area is 175 Å². The molecule has 1 amide bonds. The third-order valence-corrected chi connectivity index (χ3v) is 6.73. The van der Waals surface area contributed by atoms with Crippen molar-refractivity contribution in [2.45, 2.75) is 38.1 Å². The Morgan fingerprint density at radius 1 is 1.21 bits per heavy atom. The van der Waals surface area contributed by atoms with E-state index in [0.717, 1.165) is 16.3 Å². The molecule has 0 unspecified atom stereocenters. The first-order valence-electron chi connectivity index (χ1n) is 8.91. The summed E-state index contributed by atoms with van der Waals surface area (Å²) in [5.41, 5.74) is 1.43. The Morgan fingerprint density at radius 2 is 1.86 bits per heavy atom. The molecule has 0 fully saturated rings. The normalized spacial score (nSPS) is 12.3. The lowest BCUT2D eigenvalue weighted by atomic mass is 10.2. The molecule has 0 saturated heterocycles. The summed E-state index contributed by atoms with van der Waals surface area (Å²) in [6.07, 6.45) is 0.758. The molecule has 0 aliphatic heterocycles. The van der Waals surface area contributed by atoms with Gasteiger partial charge < -0.3 is 10.1 Å². The number of nitrogens with one attached hydrogen (secondary N) is 1. The summed E-state index contributed by atoms with van der Waals surface area (Å²) >= 11 is 3.32. The maximum Gasteiger partial charge on any atom is 0.264 e. The van der Waals surface area contributed by atoms with Crippen LogP contribution in [0.15, 0.2) is 51.8 Å². The highest BCUT2D eigenvalue weighted by atomic mass is 79.9. The topological polar surface area (TPSA) is 75.7 Å². The number of carbonyl (C=O) groups excluding carboxylic acids is 1. The first kappa shape index (κ1) is 22.2. The molecule has 2 aromatic carbocycles. The fourth-order valence-electron chi connectivity index (χ4n) is 2.51. The van der Waals surface area contributed by atoms with Gasteiger partial charge in [0.15, 0.2) is 0 Å². The molecule has 0 aromatic heterocycles. The van der Waals surface area contributed by atoms with Gasteiger partial charge in [0.2, 0.25) is 5.91 Å². The summed E-state index contributed by atoms with van der Waals surface area (Å²) in [6, 6.07) is 11.5. The highest BCUT2D eigenvalue weighted by Gasteiger charge is 2.28. The van der Waals surface area contributed by atoms with Crippen LogP contribution in [0.5, 0.6) is 5.75 Å². The van der Waals surface area contributed by atoms with Crippen LogP contribution >= 0.6 is 15.9 Å². The lowest BCUT2D eigenvalue weighted by Gasteiger charge is -2.25. The second-order valence-corrected chi connectivity index (χ2v) is 9.24. The van der Waals surface area contributed by atoms with Gasteiger partial charge in [-0.25, -0.2) is 8.42 Å². The number of hydrogen-bond donors (Lipinski definition) is 1. The molecule has 152 valence electrons. The Bertz CT molecular complexity index is 930. The van der Waals surface area contributed by atoms with Gasteiger partial charge in [0.1, 0.15) is 12.3 Å². The van der Waals surface area contributed by atoms with Crippen molar-refractivity contribution in [2.75, 3.05) is 18.0 Å². The monoisotopic (exact) mass is 468 g/mol. The van der Waals surface area contributed by atoms with E-state index in [1.807, 2.05) is 32.9 Å². The molecule has 1 N–H and O–H groups in total. The standard InChI is InChI=1S/C20H25BrN2O4S/c1-5-15(3)22-20(24)13-23(16-8-6-14(2)7-9-16)28(25,26)17-10-11-19(27-4)18(21)12-17/h6-12,15H,5,13H2,1-4H3,(H,22,24)/t15-/m1/s1. The van der Waals surface area contributed by atoms with Gasteiger partial charge in [-0.15, -0.1) is 0 Å². The predicted molar refractivity (Wildman–Crippen MR) is 114 cm³/mol. The van der Waals surface area contributed by atoms with Gasteiger partial charge in [0, 0.05) is 6.04 Å². The Morgan fingerprint density at radius 3 is 2.39 bits per heavy atom. The van der Waals surface area contributed by atoms with E-state index in [4.69, 9.17) is 4.74 Å². The van der Waals surface area contributed by atoms with E-state index in [1.165, 1.54) is 19.2 Å². The molecule has 0 spiro atoms. The minimum Gasteiger partial charge on any atom is -0.496 e. The summed E-state index contributed by atoms with van der Waals surface area (Å²) in [5.74, 6) is 0.168. The van der Waals surface area contributed by atoms with E-state index < -0.39 is 10.0 Å². The second kappa shape index (κ2) is 9.43. The molecular weight excluding hydrogens is 444 g/mol. The minimum atomic E-state index is -3.97. The van der Waals surface area contributed by atoms with Gasteiger partial charge in [-0.1, -0.05) is 24.6 Å². The van der Waals surface area contributed by atoms with Crippen LogP contribution in [0.4, 0.5) is 5.69 Å². The van der Waals surface area contributed by atoms with Crippen LogP contribution in [0.2, 0.25) is 0 Å². The molecule has 0 aliphatic carbocycles. The highest BCUT2D eigenvalue weighted by molar-refractivity contribution is 9.10. The number of rotatable bonds is 8. The number of carbonyl (C=O) groups is 1. The molecule has 1 atom stereocenters. The summed E-state index contributed by atoms with van der Waals surface area (Å²) < 4.78 is 33.5. The minimum absolute atomic E-state index is 0.0368. The van der Waals surface area contributed by atoms with Crippen molar-refractivity contribution in [1.82, 2.24) is 5.32 Å². The quantitative estimate of drug-likeness (QED) is 0.637. The molecule has 6 nitrogen and oxygen atoms in total. The summed E-state index contributed by atoms with van der Waals surface area (Å²) in [4.78, 5) is 12.5. The van der Waals surface area contributed by atoms with Crippen molar-refractivity contribution in [1.29, 1.82) is 0 Å². The third-order valence-electron chi connectivity index (χ3n) is 4.34. The van der Waals surface area contributed by atoms with Gasteiger partial charge >= 0.3 is 0 Å². The zero-order chi connectivity index (χ0) is 20.9. The van der Waals surface area contributed by atoms with Crippen molar-refractivity contribution in [3.05, 3.63) is 52.5 Å². The SMILES string of the molecule is CC[C@@H](C)NC(=O)CN(c1ccc(C)cc1)S(=O)(=O)c1ccc(OC)c(Br)c1. The van der Waals surface area contributed by atoms with Crippen molar-refractivity contribution in [3.8, 4) is 5.75 Å². The number of halogens is 1. The van der Waals surface area contributed by atoms with Gasteiger partial charge in [-0.05, 0) is 66.5 Å². The molecule has 2 rings (SSSR count). The number of methoxy groups -OCH3 is 1. The van der Waals surface area contributed by atoms with Crippen LogP contribution in [0.1, 0.15) is 25.8 Å². The maximum absolute atomic E-state index is 13.3. The van der Waals surface area contributed by atoms with Crippen molar-refractivity contribution >= 4 is 37.5 Å². The lowest BCUT2D eigenvalue weighted by molar-refractivity contribution is -0.120. The molecule has 0 bridgehead atoms. The highest BCUT2D eigenvalue weighted by Crippen LogP contribution is 2.30. The largest absolute Gasteiger partial charge is 0.496 e. The molecule has 8 heteroatoms. The fourth-order valence-corrected chi connectivity index (χ4v) is 4.65. The first-order valence-corrected chi connectivity index (χ1v) is 11.1. The van der Waals surface area contributed by atoms with Crippen LogP contribution in [-0.4, -0.2) is 34.0 Å². The van der Waals surface area contributed by atoms with E-state index in [2.05, 4.69) is 21.2 Å². The van der Waals surface area contributed by atoms with Gasteiger partial charge in [0.25, 0.3) is 10.0 Å². The number of hydrogen-bond acceptors (Lipinski definition) is 4. The lowest BCUT2D eigenvalue weighted by Crippen LogP contribution is -2.43. The van der Waals surface area contributed by atoms with Crippen LogP contribution in [0, 0.1) is 6.92 Å². The molecule has 0 heterocycles. The Balaban J connectivity index is 2.45. The van der Waals surface area contributed by atoms with E-state index in [1.54, 1.807) is 18.2 Å². The molecule has 2 aromatic rings. The van der Waals surface area contributed by atoms with Crippen LogP contribution in [0.25, 0.3) is 0 Å². The third kappa shape index (κ3) is 5.26. The van der Waals surface area contributed by atoms with Crippen molar-refractivity contribution in [3.63, 3.8) is 0 Å². The van der Waals surface area contributed by atoms with Crippen LogP contribution in [0.3, 0.4) is 0 Å². The van der Waals surface area contributed by atoms with Crippen LogP contribution < -0.4 is 14.4 Å². The second-order valence-electron chi connectivity index (χ2n) is 6.52. The average molecular weight is 469 g/mol. The number of nitrogens with zero attached hydrogens (tertiary/aromatic N) is 1. The zero-order valence-corrected chi connectivity index (χ0v) is 18.8. The van der Waals surface area contributed by atoms with Gasteiger partial charge in [0.05, 0.1) is 22.2 Å². The maximum atomic E-state index is 13.3. The van der Waals surface area contributed by atoms with Crippen molar-refractivity contribution < 1.29 is 17.9 Å². The zero-order valence-electron chi connectivity index (χ0n) is 16.4. The van der Waals surface area contributed by atoms with Gasteiger partial charge in [-0.3, -0.25) is 9.10 Å². The molecule has 28 heavy (non-hydrogen) atoms. The number of anilines is 1. The summed E-state index contributed by atoms with van der Waals surface area (Å²) in [6.45, 7) is 5.44. The number of aryl methyl sites for hydroxylation is 1. The Hall–Kier alpha value is -2.06. The number of ether oxygens (including phenoxy) is 1. The van der Waals surface area contributed by atoms with E-state index >= 15 is 0 Å². The number of sulfonamides is 1. The smallest absolute Gasteiger partial charge is 0.264 e. The summed E-state index contributed by atoms with van der Waals surface area (Å²) in [7, 11) is -2.46. The molecule has 0 saturated carbocycles. The van der Waals surface area contributed by atoms with E-state index in [9.17, 15) is 13.2 Å².